The van der Waals surface area contributed by atoms with Crippen molar-refractivity contribution in [1.82, 2.24) is 10.2 Å². The molecule has 9 nitrogen and oxygen atoms in total. The first kappa shape index (κ1) is 30.8. The first-order valence-corrected chi connectivity index (χ1v) is 19.6. The Kier molecular flexibility index (Phi) is 7.14. The molecule has 11 heteroatoms. The second-order valence-corrected chi connectivity index (χ2v) is 17.6. The van der Waals surface area contributed by atoms with Crippen LogP contribution in [0.2, 0.25) is 5.02 Å². The van der Waals surface area contributed by atoms with Gasteiger partial charge in [-0.15, -0.1) is 0 Å². The van der Waals surface area contributed by atoms with E-state index >= 15 is 0 Å². The SMILES string of the molecule is O=C(NCCN1C(=O)C=CC1=O)c1cc2c(cc1Cl)C(=O)OC21c2ccc(N3CCC3)cc2S2(CCCCC2)c2cc(N3CCC3)ccc21. The number of halogens is 1. The molecule has 0 bridgehead atoms. The van der Waals surface area contributed by atoms with Crippen molar-refractivity contribution in [1.29, 1.82) is 0 Å². The fraction of sp³-hybridized carbons (Fsp3) is 0.368. The van der Waals surface area contributed by atoms with Crippen molar-refractivity contribution < 1.29 is 23.9 Å². The molecule has 0 radical (unpaired) electrons. The van der Waals surface area contributed by atoms with Crippen LogP contribution in [0, 0.1) is 0 Å². The summed E-state index contributed by atoms with van der Waals surface area (Å²) in [5.74, 6) is 0.461. The monoisotopic (exact) mass is 696 g/mol. The van der Waals surface area contributed by atoms with Gasteiger partial charge >= 0.3 is 5.97 Å². The number of fused-ring (bicyclic) bond motifs is 8. The molecule has 0 atom stereocenters. The molecular formula is C38H37ClN4O5S. The Hall–Kier alpha value is -4.28. The minimum Gasteiger partial charge on any atom is -0.440 e. The minimum absolute atomic E-state index is 0.0365. The number of rotatable bonds is 6. The molecule has 3 amide bonds. The average Bonchev–Trinajstić information content (AvgIpc) is 3.53. The van der Waals surface area contributed by atoms with Gasteiger partial charge in [0.25, 0.3) is 17.7 Å². The van der Waals surface area contributed by atoms with Gasteiger partial charge in [0, 0.05) is 89.3 Å². The maximum absolute atomic E-state index is 13.9. The van der Waals surface area contributed by atoms with E-state index in [9.17, 15) is 19.2 Å². The molecule has 6 aliphatic rings. The van der Waals surface area contributed by atoms with Gasteiger partial charge in [0.2, 0.25) is 0 Å². The number of nitrogens with zero attached hydrogens (tertiary/aromatic N) is 3. The van der Waals surface area contributed by atoms with Crippen molar-refractivity contribution in [2.24, 2.45) is 0 Å². The van der Waals surface area contributed by atoms with Crippen LogP contribution >= 0.6 is 21.6 Å². The van der Waals surface area contributed by atoms with E-state index in [1.165, 1.54) is 52.6 Å². The van der Waals surface area contributed by atoms with Crippen LogP contribution in [0.3, 0.4) is 0 Å². The topological polar surface area (TPSA) is 99.3 Å². The third-order valence-corrected chi connectivity index (χ3v) is 15.8. The smallest absolute Gasteiger partial charge is 0.340 e. The van der Waals surface area contributed by atoms with Crippen molar-refractivity contribution in [3.05, 3.63) is 93.5 Å². The second-order valence-electron chi connectivity index (χ2n) is 13.8. The number of hydrogen-bond donors (Lipinski definition) is 1. The predicted octanol–water partition coefficient (Wildman–Crippen LogP) is 5.60. The lowest BCUT2D eigenvalue weighted by Gasteiger charge is -2.53. The maximum Gasteiger partial charge on any atom is 0.340 e. The Balaban J connectivity index is 1.20. The lowest BCUT2D eigenvalue weighted by Crippen LogP contribution is -2.40. The fourth-order valence-electron chi connectivity index (χ4n) is 8.36. The molecule has 3 saturated heterocycles. The molecule has 2 spiro atoms. The summed E-state index contributed by atoms with van der Waals surface area (Å²) in [5, 5.41) is 2.95. The molecule has 0 aromatic heterocycles. The molecule has 49 heavy (non-hydrogen) atoms. The molecule has 6 aliphatic heterocycles. The molecule has 6 heterocycles. The number of imide groups is 1. The van der Waals surface area contributed by atoms with Crippen LogP contribution in [-0.2, 0) is 19.9 Å². The van der Waals surface area contributed by atoms with Crippen molar-refractivity contribution >= 4 is 56.7 Å². The highest BCUT2D eigenvalue weighted by atomic mass is 35.5. The lowest BCUT2D eigenvalue weighted by molar-refractivity contribution is -0.136. The van der Waals surface area contributed by atoms with E-state index in [0.717, 1.165) is 66.6 Å². The zero-order valence-corrected chi connectivity index (χ0v) is 28.7. The number of benzene rings is 3. The molecule has 0 saturated carbocycles. The molecule has 1 N–H and O–H groups in total. The van der Waals surface area contributed by atoms with E-state index in [2.05, 4.69) is 51.5 Å². The number of nitrogens with one attached hydrogen (secondary N) is 1. The summed E-state index contributed by atoms with van der Waals surface area (Å²) in [6, 6.07) is 16.7. The number of amides is 3. The Morgan fingerprint density at radius 2 is 1.37 bits per heavy atom. The minimum atomic E-state index is -1.46. The Morgan fingerprint density at radius 1 is 0.776 bits per heavy atom. The van der Waals surface area contributed by atoms with Crippen LogP contribution in [-0.4, -0.2) is 79.4 Å². The van der Waals surface area contributed by atoms with Gasteiger partial charge in [0.1, 0.15) is 0 Å². The van der Waals surface area contributed by atoms with Crippen molar-refractivity contribution in [2.45, 2.75) is 47.5 Å². The van der Waals surface area contributed by atoms with Crippen LogP contribution in [0.1, 0.15) is 69.5 Å². The van der Waals surface area contributed by atoms with Crippen LogP contribution in [0.4, 0.5) is 11.4 Å². The van der Waals surface area contributed by atoms with E-state index in [4.69, 9.17) is 16.3 Å². The fourth-order valence-corrected chi connectivity index (χ4v) is 13.3. The first-order chi connectivity index (χ1) is 23.8. The molecule has 9 rings (SSSR count). The number of ether oxygens (including phenoxy) is 1. The van der Waals surface area contributed by atoms with Crippen LogP contribution in [0.5, 0.6) is 0 Å². The normalized spacial score (nSPS) is 21.6. The molecule has 252 valence electrons. The molecule has 3 aromatic carbocycles. The van der Waals surface area contributed by atoms with Gasteiger partial charge in [-0.3, -0.25) is 19.3 Å². The average molecular weight is 697 g/mol. The quantitative estimate of drug-likeness (QED) is 0.265. The summed E-state index contributed by atoms with van der Waals surface area (Å²) < 4.78 is 6.66. The molecule has 3 aromatic rings. The number of anilines is 2. The highest BCUT2D eigenvalue weighted by Crippen LogP contribution is 2.74. The van der Waals surface area contributed by atoms with Crippen LogP contribution in [0.25, 0.3) is 0 Å². The largest absolute Gasteiger partial charge is 0.440 e. The Labute approximate surface area is 291 Å². The maximum atomic E-state index is 13.9. The van der Waals surface area contributed by atoms with E-state index in [-0.39, 0.29) is 23.7 Å². The first-order valence-electron chi connectivity index (χ1n) is 17.3. The number of hydrogen-bond acceptors (Lipinski definition) is 7. The number of esters is 1. The molecule has 0 unspecified atom stereocenters. The highest BCUT2D eigenvalue weighted by molar-refractivity contribution is 8.34. The summed E-state index contributed by atoms with van der Waals surface area (Å²) in [6.45, 7) is 4.23. The van der Waals surface area contributed by atoms with Gasteiger partial charge in [-0.05, 0) is 73.6 Å². The molecule has 3 fully saturated rings. The predicted molar refractivity (Wildman–Crippen MR) is 189 cm³/mol. The lowest BCUT2D eigenvalue weighted by atomic mass is 9.78. The Bertz CT molecular complexity index is 1910. The van der Waals surface area contributed by atoms with E-state index in [1.54, 1.807) is 12.1 Å². The van der Waals surface area contributed by atoms with Gasteiger partial charge in [0.15, 0.2) is 5.60 Å². The number of carbonyl (C=O) groups is 4. The zero-order valence-electron chi connectivity index (χ0n) is 27.1. The third kappa shape index (κ3) is 4.52. The standard InChI is InChI=1S/C38H37ClN4O5S/c39-31-23-26-30(22-27(31)36(46)40-12-17-43-34(44)10-11-35(43)45)38(48-37(26)47)28-8-6-24(41-13-4-14-41)20-32(28)49(18-2-1-3-19-49)33-21-25(7-9-29(33)38)42-15-5-16-42/h6-11,20-23H,1-5,12-19H2,(H,40,46). The van der Waals surface area contributed by atoms with E-state index in [1.807, 2.05) is 0 Å². The van der Waals surface area contributed by atoms with Crippen molar-refractivity contribution in [3.63, 3.8) is 0 Å². The van der Waals surface area contributed by atoms with E-state index in [0.29, 0.717) is 11.1 Å². The van der Waals surface area contributed by atoms with Gasteiger partial charge in [-0.1, -0.05) is 30.2 Å². The second kappa shape index (κ2) is 11.4. The third-order valence-electron chi connectivity index (χ3n) is 11.2. The van der Waals surface area contributed by atoms with Crippen molar-refractivity contribution in [3.8, 4) is 0 Å². The summed E-state index contributed by atoms with van der Waals surface area (Å²) >= 11 is 6.72. The van der Waals surface area contributed by atoms with Crippen molar-refractivity contribution in [2.75, 3.05) is 60.6 Å². The molecular weight excluding hydrogens is 660 g/mol. The van der Waals surface area contributed by atoms with Crippen LogP contribution < -0.4 is 15.1 Å². The van der Waals surface area contributed by atoms with Gasteiger partial charge in [-0.25, -0.2) is 4.79 Å². The van der Waals surface area contributed by atoms with Gasteiger partial charge in [-0.2, -0.15) is 10.0 Å². The summed E-state index contributed by atoms with van der Waals surface area (Å²) in [7, 11) is -1.46. The van der Waals surface area contributed by atoms with Crippen LogP contribution in [0.15, 0.2) is 70.5 Å². The zero-order chi connectivity index (χ0) is 33.5. The van der Waals surface area contributed by atoms with E-state index < -0.39 is 39.3 Å². The van der Waals surface area contributed by atoms with Gasteiger partial charge < -0.3 is 19.9 Å². The Morgan fingerprint density at radius 3 is 1.92 bits per heavy atom. The highest BCUT2D eigenvalue weighted by Gasteiger charge is 2.57. The summed E-state index contributed by atoms with van der Waals surface area (Å²) in [4.78, 5) is 60.2. The number of carbonyl (C=O) groups excluding carboxylic acids is 4. The molecule has 0 aliphatic carbocycles. The van der Waals surface area contributed by atoms with Gasteiger partial charge in [0.05, 0.1) is 16.1 Å². The summed E-state index contributed by atoms with van der Waals surface area (Å²) in [5.41, 5.74) is 4.32. The summed E-state index contributed by atoms with van der Waals surface area (Å²) in [6.07, 6.45) is 8.33.